The van der Waals surface area contributed by atoms with Gasteiger partial charge in [-0.05, 0) is 46.5 Å². The predicted octanol–water partition coefficient (Wildman–Crippen LogP) is 3.11. The fourth-order valence-corrected chi connectivity index (χ4v) is 4.07. The average molecular weight is 364 g/mol. The van der Waals surface area contributed by atoms with Gasteiger partial charge in [0.15, 0.2) is 0 Å². The van der Waals surface area contributed by atoms with E-state index in [2.05, 4.69) is 27.6 Å². The second-order valence-electron chi connectivity index (χ2n) is 4.84. The number of benzene rings is 1. The van der Waals surface area contributed by atoms with Gasteiger partial charge >= 0.3 is 0 Å². The van der Waals surface area contributed by atoms with Crippen LogP contribution >= 0.6 is 15.9 Å². The maximum atomic E-state index is 12.3. The van der Waals surface area contributed by atoms with Crippen LogP contribution in [0.3, 0.4) is 0 Å². The largest absolute Gasteiger partial charge is 0.392 e. The minimum atomic E-state index is -3.54. The van der Waals surface area contributed by atoms with Crippen molar-refractivity contribution in [2.75, 3.05) is 6.54 Å². The normalized spacial score (nSPS) is 11.8. The molecule has 4 nitrogen and oxygen atoms in total. The van der Waals surface area contributed by atoms with Crippen LogP contribution in [0.2, 0.25) is 0 Å². The standard InChI is InChI=1S/C14H22BrNO3S/c1-3-4-5-6-7-16-20(18,19)13-9-12(10-17)8-11(2)14(13)15/h8-9,16-17H,3-7,10H2,1-2H3. The van der Waals surface area contributed by atoms with Crippen molar-refractivity contribution in [3.05, 3.63) is 27.7 Å². The van der Waals surface area contributed by atoms with Crippen molar-refractivity contribution in [2.24, 2.45) is 0 Å². The molecule has 2 N–H and O–H groups in total. The fraction of sp³-hybridized carbons (Fsp3) is 0.571. The summed E-state index contributed by atoms with van der Waals surface area (Å²) in [6.45, 7) is 4.19. The van der Waals surface area contributed by atoms with Gasteiger partial charge in [-0.15, -0.1) is 0 Å². The second-order valence-corrected chi connectivity index (χ2v) is 7.37. The minimum absolute atomic E-state index is 0.173. The maximum absolute atomic E-state index is 12.3. The van der Waals surface area contributed by atoms with Crippen LogP contribution in [0.15, 0.2) is 21.5 Å². The number of halogens is 1. The molecule has 1 aromatic rings. The van der Waals surface area contributed by atoms with Crippen LogP contribution in [0, 0.1) is 6.92 Å². The molecule has 0 unspecified atom stereocenters. The van der Waals surface area contributed by atoms with E-state index in [0.29, 0.717) is 16.6 Å². The topological polar surface area (TPSA) is 66.4 Å². The first-order chi connectivity index (χ1) is 9.42. The van der Waals surface area contributed by atoms with Crippen LogP contribution in [0.5, 0.6) is 0 Å². The van der Waals surface area contributed by atoms with E-state index in [0.717, 1.165) is 31.2 Å². The van der Waals surface area contributed by atoms with Crippen molar-refractivity contribution >= 4 is 26.0 Å². The molecule has 0 bridgehead atoms. The molecule has 0 spiro atoms. The third kappa shape index (κ3) is 4.84. The van der Waals surface area contributed by atoms with Gasteiger partial charge in [0.25, 0.3) is 0 Å². The Morgan fingerprint density at radius 3 is 2.55 bits per heavy atom. The Morgan fingerprint density at radius 2 is 1.95 bits per heavy atom. The van der Waals surface area contributed by atoms with E-state index in [1.165, 1.54) is 6.07 Å². The molecule has 0 amide bonds. The highest BCUT2D eigenvalue weighted by molar-refractivity contribution is 9.10. The molecule has 1 aromatic carbocycles. The van der Waals surface area contributed by atoms with E-state index in [1.54, 1.807) is 6.07 Å². The molecule has 0 saturated heterocycles. The lowest BCUT2D eigenvalue weighted by Gasteiger charge is -2.12. The molecule has 0 fully saturated rings. The smallest absolute Gasteiger partial charge is 0.241 e. The Balaban J connectivity index is 2.84. The third-order valence-corrected chi connectivity index (χ3v) is 5.88. The van der Waals surface area contributed by atoms with E-state index in [-0.39, 0.29) is 11.5 Å². The monoisotopic (exact) mass is 363 g/mol. The van der Waals surface area contributed by atoms with E-state index < -0.39 is 10.0 Å². The van der Waals surface area contributed by atoms with Crippen LogP contribution in [0.1, 0.15) is 43.7 Å². The van der Waals surface area contributed by atoms with Crippen molar-refractivity contribution in [1.82, 2.24) is 4.72 Å². The first kappa shape index (κ1) is 17.6. The highest BCUT2D eigenvalue weighted by Crippen LogP contribution is 2.27. The van der Waals surface area contributed by atoms with Crippen LogP contribution < -0.4 is 4.72 Å². The molecular formula is C14H22BrNO3S. The zero-order valence-electron chi connectivity index (χ0n) is 11.9. The number of unbranched alkanes of at least 4 members (excludes halogenated alkanes) is 3. The molecule has 0 aliphatic carbocycles. The third-order valence-electron chi connectivity index (χ3n) is 3.08. The fourth-order valence-electron chi connectivity index (χ4n) is 1.93. The van der Waals surface area contributed by atoms with Gasteiger partial charge in [-0.3, -0.25) is 0 Å². The number of nitrogens with one attached hydrogen (secondary N) is 1. The molecular weight excluding hydrogens is 342 g/mol. The van der Waals surface area contributed by atoms with Crippen molar-refractivity contribution in [3.63, 3.8) is 0 Å². The lowest BCUT2D eigenvalue weighted by Crippen LogP contribution is -2.25. The zero-order valence-corrected chi connectivity index (χ0v) is 14.3. The summed E-state index contributed by atoms with van der Waals surface area (Å²) >= 11 is 3.31. The van der Waals surface area contributed by atoms with Crippen LogP contribution in [-0.2, 0) is 16.6 Å². The molecule has 114 valence electrons. The zero-order chi connectivity index (χ0) is 15.2. The lowest BCUT2D eigenvalue weighted by molar-refractivity contribution is 0.281. The minimum Gasteiger partial charge on any atom is -0.392 e. The lowest BCUT2D eigenvalue weighted by atomic mass is 10.1. The van der Waals surface area contributed by atoms with E-state index in [9.17, 15) is 13.5 Å². The molecule has 0 radical (unpaired) electrons. The molecule has 0 aliphatic rings. The highest BCUT2D eigenvalue weighted by atomic mass is 79.9. The van der Waals surface area contributed by atoms with Gasteiger partial charge in [0.05, 0.1) is 11.5 Å². The summed E-state index contributed by atoms with van der Waals surface area (Å²) in [6, 6.07) is 3.27. The molecule has 0 saturated carbocycles. The summed E-state index contributed by atoms with van der Waals surface area (Å²) in [5.41, 5.74) is 1.39. The molecule has 20 heavy (non-hydrogen) atoms. The van der Waals surface area contributed by atoms with Gasteiger partial charge in [-0.25, -0.2) is 13.1 Å². The van der Waals surface area contributed by atoms with Crippen LogP contribution in [-0.4, -0.2) is 20.1 Å². The van der Waals surface area contributed by atoms with Gasteiger partial charge in [-0.1, -0.05) is 32.3 Å². The van der Waals surface area contributed by atoms with E-state index >= 15 is 0 Å². The molecule has 1 rings (SSSR count). The number of hydrogen-bond donors (Lipinski definition) is 2. The number of aryl methyl sites for hydroxylation is 1. The average Bonchev–Trinajstić information content (AvgIpc) is 2.41. The number of rotatable bonds is 8. The second kappa shape index (κ2) is 8.12. The van der Waals surface area contributed by atoms with Gasteiger partial charge in [0, 0.05) is 11.0 Å². The summed E-state index contributed by atoms with van der Waals surface area (Å²) in [5.74, 6) is 0. The number of hydrogen-bond acceptors (Lipinski definition) is 3. The SMILES string of the molecule is CCCCCCNS(=O)(=O)c1cc(CO)cc(C)c1Br. The number of aliphatic hydroxyl groups excluding tert-OH is 1. The van der Waals surface area contributed by atoms with E-state index in [4.69, 9.17) is 0 Å². The molecule has 6 heteroatoms. The van der Waals surface area contributed by atoms with Gasteiger partial charge in [0.1, 0.15) is 0 Å². The number of sulfonamides is 1. The maximum Gasteiger partial charge on any atom is 0.241 e. The number of aliphatic hydroxyl groups is 1. The summed E-state index contributed by atoms with van der Waals surface area (Å²) in [7, 11) is -3.54. The van der Waals surface area contributed by atoms with Crippen molar-refractivity contribution in [1.29, 1.82) is 0 Å². The Kier molecular flexibility index (Phi) is 7.15. The Labute approximate surface area is 129 Å². The van der Waals surface area contributed by atoms with E-state index in [1.807, 2.05) is 6.92 Å². The highest BCUT2D eigenvalue weighted by Gasteiger charge is 2.19. The van der Waals surface area contributed by atoms with Gasteiger partial charge in [0.2, 0.25) is 10.0 Å². The van der Waals surface area contributed by atoms with Gasteiger partial charge in [-0.2, -0.15) is 0 Å². The Hall–Kier alpha value is -0.430. The van der Waals surface area contributed by atoms with Crippen LogP contribution in [0.4, 0.5) is 0 Å². The molecule has 0 aliphatic heterocycles. The summed E-state index contributed by atoms with van der Waals surface area (Å²) in [4.78, 5) is 0.192. The summed E-state index contributed by atoms with van der Waals surface area (Å²) in [5, 5.41) is 9.19. The molecule has 0 atom stereocenters. The first-order valence-corrected chi connectivity index (χ1v) is 9.09. The summed E-state index contributed by atoms with van der Waals surface area (Å²) < 4.78 is 27.7. The van der Waals surface area contributed by atoms with Crippen molar-refractivity contribution in [3.8, 4) is 0 Å². The molecule has 0 heterocycles. The molecule has 0 aromatic heterocycles. The Bertz CT molecular complexity index is 544. The van der Waals surface area contributed by atoms with Crippen molar-refractivity contribution < 1.29 is 13.5 Å². The quantitative estimate of drug-likeness (QED) is 0.697. The van der Waals surface area contributed by atoms with Crippen molar-refractivity contribution in [2.45, 2.75) is 51.0 Å². The predicted molar refractivity (Wildman–Crippen MR) is 84.1 cm³/mol. The van der Waals surface area contributed by atoms with Crippen LogP contribution in [0.25, 0.3) is 0 Å². The first-order valence-electron chi connectivity index (χ1n) is 6.82. The van der Waals surface area contributed by atoms with Gasteiger partial charge < -0.3 is 5.11 Å². The Morgan fingerprint density at radius 1 is 1.25 bits per heavy atom. The summed E-state index contributed by atoms with van der Waals surface area (Å²) in [6.07, 6.45) is 4.10.